The minimum Gasteiger partial charge on any atom is -0.492 e. The van der Waals surface area contributed by atoms with E-state index in [-0.39, 0.29) is 0 Å². The third kappa shape index (κ3) is 4.34. The molecule has 0 atom stereocenters. The molecule has 0 radical (unpaired) electrons. The third-order valence-electron chi connectivity index (χ3n) is 5.29. The number of nitrogens with two attached hydrogens (primary N) is 1. The lowest BCUT2D eigenvalue weighted by Crippen LogP contribution is -2.38. The largest absolute Gasteiger partial charge is 0.492 e. The summed E-state index contributed by atoms with van der Waals surface area (Å²) < 4.78 is 14.7. The number of thiazole rings is 1. The highest BCUT2D eigenvalue weighted by molar-refractivity contribution is 7.23. The molecule has 1 aliphatic heterocycles. The summed E-state index contributed by atoms with van der Waals surface area (Å²) in [7, 11) is 0. The van der Waals surface area contributed by atoms with Crippen molar-refractivity contribution in [2.45, 2.75) is 0 Å². The minimum atomic E-state index is -0.579. The fourth-order valence-electron chi connectivity index (χ4n) is 3.69. The highest BCUT2D eigenvalue weighted by atomic mass is 32.1. The van der Waals surface area contributed by atoms with Crippen LogP contribution in [-0.4, -0.2) is 59.8 Å². The first-order valence-corrected chi connectivity index (χ1v) is 11.0. The van der Waals surface area contributed by atoms with Crippen LogP contribution >= 0.6 is 11.3 Å². The topological polar surface area (TPSA) is 94.1 Å². The van der Waals surface area contributed by atoms with Crippen LogP contribution in [0.2, 0.25) is 0 Å². The molecule has 1 aliphatic rings. The number of anilines is 1. The molecule has 0 saturated carbocycles. The van der Waals surface area contributed by atoms with Gasteiger partial charge >= 0.3 is 6.03 Å². The maximum Gasteiger partial charge on any atom is 0.316 e. The second-order valence-corrected chi connectivity index (χ2v) is 8.39. The molecule has 4 aromatic rings. The molecule has 3 N–H and O–H groups in total. The number of benzene rings is 2. The van der Waals surface area contributed by atoms with E-state index in [2.05, 4.69) is 26.8 Å². The Balaban J connectivity index is 1.33. The van der Waals surface area contributed by atoms with Gasteiger partial charge in [0.2, 0.25) is 0 Å². The predicted octanol–water partition coefficient (Wildman–Crippen LogP) is 3.42. The van der Waals surface area contributed by atoms with Crippen molar-refractivity contribution in [2.75, 3.05) is 44.8 Å². The van der Waals surface area contributed by atoms with Gasteiger partial charge in [0.25, 0.3) is 0 Å². The Kier molecular flexibility index (Phi) is 5.46. The second-order valence-electron chi connectivity index (χ2n) is 7.38. The Labute approximate surface area is 183 Å². The number of urea groups is 1. The Morgan fingerprint density at radius 2 is 2.00 bits per heavy atom. The van der Waals surface area contributed by atoms with Gasteiger partial charge in [-0.05, 0) is 24.3 Å². The fourth-order valence-corrected chi connectivity index (χ4v) is 4.68. The molecule has 0 bridgehead atoms. The zero-order valence-electron chi connectivity index (χ0n) is 16.9. The lowest BCUT2D eigenvalue weighted by atomic mass is 10.1. The average Bonchev–Trinajstić information content (AvgIpc) is 3.33. The molecule has 5 rings (SSSR count). The molecule has 0 aliphatic carbocycles. The quantitative estimate of drug-likeness (QED) is 0.482. The van der Waals surface area contributed by atoms with Gasteiger partial charge in [0, 0.05) is 43.1 Å². The number of fused-ring (bicyclic) bond motifs is 3. The van der Waals surface area contributed by atoms with E-state index in [9.17, 15) is 4.79 Å². The molecule has 2 aromatic heterocycles. The number of carbonyl (C=O) groups is 1. The van der Waals surface area contributed by atoms with Crippen LogP contribution in [0.25, 0.3) is 26.4 Å². The summed E-state index contributed by atoms with van der Waals surface area (Å²) in [5, 5.41) is 2.57. The smallest absolute Gasteiger partial charge is 0.316 e. The van der Waals surface area contributed by atoms with Crippen molar-refractivity contribution in [3.8, 4) is 17.0 Å². The van der Waals surface area contributed by atoms with Crippen molar-refractivity contribution in [1.29, 1.82) is 0 Å². The van der Waals surface area contributed by atoms with Gasteiger partial charge in [-0.15, -0.1) is 0 Å². The van der Waals surface area contributed by atoms with Crippen molar-refractivity contribution in [3.63, 3.8) is 0 Å². The number of hydrogen-bond acceptors (Lipinski definition) is 6. The van der Waals surface area contributed by atoms with E-state index in [1.807, 2.05) is 36.5 Å². The van der Waals surface area contributed by atoms with Gasteiger partial charge in [0.1, 0.15) is 12.4 Å². The first-order valence-electron chi connectivity index (χ1n) is 10.2. The number of hydrogen-bond donors (Lipinski definition) is 2. The van der Waals surface area contributed by atoms with E-state index in [0.717, 1.165) is 65.0 Å². The van der Waals surface area contributed by atoms with Gasteiger partial charge in [-0.1, -0.05) is 23.5 Å². The normalized spacial score (nSPS) is 14.8. The molecule has 1 saturated heterocycles. The van der Waals surface area contributed by atoms with Crippen LogP contribution in [0.4, 0.5) is 10.5 Å². The van der Waals surface area contributed by atoms with Crippen molar-refractivity contribution in [3.05, 3.63) is 48.7 Å². The molecule has 9 heteroatoms. The molecule has 31 heavy (non-hydrogen) atoms. The standard InChI is InChI=1S/C22H23N5O3S/c23-21(28)24-16-3-1-15(2-4-16)18-14-27-19-13-17(5-6-20(19)31-22(27)25-18)30-12-9-26-7-10-29-11-8-26/h1-6,13-14H,7-12H2,(H3,23,24,28). The van der Waals surface area contributed by atoms with Crippen LogP contribution in [-0.2, 0) is 4.74 Å². The highest BCUT2D eigenvalue weighted by Gasteiger charge is 2.13. The molecule has 3 heterocycles. The summed E-state index contributed by atoms with van der Waals surface area (Å²) >= 11 is 1.64. The second kappa shape index (κ2) is 8.54. The van der Waals surface area contributed by atoms with Gasteiger partial charge in [-0.3, -0.25) is 9.30 Å². The number of nitrogens with zero attached hydrogens (tertiary/aromatic N) is 3. The van der Waals surface area contributed by atoms with E-state index < -0.39 is 6.03 Å². The zero-order chi connectivity index (χ0) is 21.2. The van der Waals surface area contributed by atoms with Gasteiger partial charge in [-0.2, -0.15) is 0 Å². The van der Waals surface area contributed by atoms with Gasteiger partial charge in [-0.25, -0.2) is 9.78 Å². The van der Waals surface area contributed by atoms with Crippen LogP contribution in [0.1, 0.15) is 0 Å². The van der Waals surface area contributed by atoms with Crippen molar-refractivity contribution in [1.82, 2.24) is 14.3 Å². The van der Waals surface area contributed by atoms with Crippen LogP contribution in [0.5, 0.6) is 5.75 Å². The van der Waals surface area contributed by atoms with Crippen molar-refractivity contribution < 1.29 is 14.3 Å². The van der Waals surface area contributed by atoms with Gasteiger partial charge in [0.05, 0.1) is 29.1 Å². The molecular formula is C22H23N5O3S. The molecule has 0 spiro atoms. The molecule has 0 unspecified atom stereocenters. The van der Waals surface area contributed by atoms with Crippen LogP contribution in [0.15, 0.2) is 48.7 Å². The number of rotatable bonds is 6. The Morgan fingerprint density at radius 1 is 1.19 bits per heavy atom. The van der Waals surface area contributed by atoms with E-state index in [4.69, 9.17) is 20.2 Å². The number of nitrogens with one attached hydrogen (secondary N) is 1. The van der Waals surface area contributed by atoms with E-state index in [1.54, 1.807) is 11.3 Å². The fraction of sp³-hybridized carbons (Fsp3) is 0.273. The minimum absolute atomic E-state index is 0.579. The molecule has 2 aromatic carbocycles. The summed E-state index contributed by atoms with van der Waals surface area (Å²) in [6, 6.07) is 13.1. The maximum absolute atomic E-state index is 11.0. The molecular weight excluding hydrogens is 414 g/mol. The van der Waals surface area contributed by atoms with Crippen LogP contribution in [0, 0.1) is 0 Å². The number of aromatic nitrogens is 2. The van der Waals surface area contributed by atoms with Gasteiger partial charge in [0.15, 0.2) is 4.96 Å². The SMILES string of the molecule is NC(=O)Nc1ccc(-c2cn3c(n2)sc2ccc(OCCN4CCOCC4)cc23)cc1. The Hall–Kier alpha value is -3.14. The van der Waals surface area contributed by atoms with E-state index >= 15 is 0 Å². The van der Waals surface area contributed by atoms with Crippen molar-refractivity contribution in [2.24, 2.45) is 5.73 Å². The monoisotopic (exact) mass is 437 g/mol. The first kappa shape index (κ1) is 19.8. The summed E-state index contributed by atoms with van der Waals surface area (Å²) in [6.07, 6.45) is 2.03. The Bertz CT molecular complexity index is 1210. The predicted molar refractivity (Wildman–Crippen MR) is 122 cm³/mol. The molecule has 8 nitrogen and oxygen atoms in total. The van der Waals surface area contributed by atoms with Crippen LogP contribution in [0.3, 0.4) is 0 Å². The summed E-state index contributed by atoms with van der Waals surface area (Å²) in [5.74, 6) is 0.859. The maximum atomic E-state index is 11.0. The number of carbonyl (C=O) groups excluding carboxylic acids is 1. The molecule has 1 fully saturated rings. The number of morpholine rings is 1. The zero-order valence-corrected chi connectivity index (χ0v) is 17.7. The number of primary amides is 1. The lowest BCUT2D eigenvalue weighted by molar-refractivity contribution is 0.0322. The molecule has 160 valence electrons. The van der Waals surface area contributed by atoms with Crippen molar-refractivity contribution >= 4 is 38.2 Å². The highest BCUT2D eigenvalue weighted by Crippen LogP contribution is 2.32. The van der Waals surface area contributed by atoms with E-state index in [0.29, 0.717) is 12.3 Å². The van der Waals surface area contributed by atoms with Crippen LogP contribution < -0.4 is 15.8 Å². The average molecular weight is 438 g/mol. The summed E-state index contributed by atoms with van der Waals surface area (Å²) in [6.45, 7) is 5.07. The number of amides is 2. The van der Waals surface area contributed by atoms with Gasteiger partial charge < -0.3 is 20.5 Å². The summed E-state index contributed by atoms with van der Waals surface area (Å²) in [4.78, 5) is 19.0. The summed E-state index contributed by atoms with van der Waals surface area (Å²) in [5.41, 5.74) is 8.74. The lowest BCUT2D eigenvalue weighted by Gasteiger charge is -2.26. The first-order chi connectivity index (χ1) is 15.2. The Morgan fingerprint density at radius 3 is 2.77 bits per heavy atom. The number of imidazole rings is 1. The van der Waals surface area contributed by atoms with E-state index in [1.165, 1.54) is 0 Å². The number of ether oxygens (including phenoxy) is 2. The third-order valence-corrected chi connectivity index (χ3v) is 6.33. The molecule has 2 amide bonds.